The molecule has 106 valence electrons. The van der Waals surface area contributed by atoms with E-state index in [9.17, 15) is 4.79 Å². The number of carbonyl (C=O) groups is 1. The van der Waals surface area contributed by atoms with E-state index in [1.54, 1.807) is 0 Å². The van der Waals surface area contributed by atoms with Gasteiger partial charge in [-0.25, -0.2) is 0 Å². The first-order valence-corrected chi connectivity index (χ1v) is 6.67. The number of esters is 1. The van der Waals surface area contributed by atoms with Crippen LogP contribution in [0.1, 0.15) is 34.6 Å². The van der Waals surface area contributed by atoms with Gasteiger partial charge in [0.2, 0.25) is 0 Å². The SMILES string of the molecule is COC(=O)CNC(=S)C(NCC(C)C)C(C)(C)C. The predicted octanol–water partition coefficient (Wildman–Crippen LogP) is 1.74. The summed E-state index contributed by atoms with van der Waals surface area (Å²) in [5, 5.41) is 6.40. The van der Waals surface area contributed by atoms with Crippen LogP contribution in [-0.4, -0.2) is 37.2 Å². The zero-order valence-corrected chi connectivity index (χ0v) is 13.1. The number of carbonyl (C=O) groups excluding carboxylic acids is 1. The van der Waals surface area contributed by atoms with E-state index in [1.165, 1.54) is 7.11 Å². The Morgan fingerprint density at radius 1 is 1.33 bits per heavy atom. The molecule has 0 aromatic carbocycles. The number of ether oxygens (including phenoxy) is 1. The van der Waals surface area contributed by atoms with E-state index in [4.69, 9.17) is 12.2 Å². The van der Waals surface area contributed by atoms with Crippen LogP contribution in [0.4, 0.5) is 0 Å². The first-order valence-electron chi connectivity index (χ1n) is 6.26. The number of hydrogen-bond donors (Lipinski definition) is 2. The minimum atomic E-state index is -0.311. The highest BCUT2D eigenvalue weighted by molar-refractivity contribution is 7.80. The standard InChI is InChI=1S/C13H26N2O2S/c1-9(2)7-14-11(13(3,4)5)12(18)15-8-10(16)17-6/h9,11,14H,7-8H2,1-6H3,(H,15,18). The third-order valence-corrected chi connectivity index (χ3v) is 2.87. The molecule has 18 heavy (non-hydrogen) atoms. The van der Waals surface area contributed by atoms with Gasteiger partial charge in [0.25, 0.3) is 0 Å². The molecule has 2 N–H and O–H groups in total. The minimum Gasteiger partial charge on any atom is -0.468 e. The van der Waals surface area contributed by atoms with Crippen LogP contribution in [0.3, 0.4) is 0 Å². The predicted molar refractivity (Wildman–Crippen MR) is 78.7 cm³/mol. The summed E-state index contributed by atoms with van der Waals surface area (Å²) in [4.78, 5) is 11.8. The van der Waals surface area contributed by atoms with Crippen LogP contribution in [0.5, 0.6) is 0 Å². The fraction of sp³-hybridized carbons (Fsp3) is 0.846. The largest absolute Gasteiger partial charge is 0.468 e. The Labute approximate surface area is 116 Å². The highest BCUT2D eigenvalue weighted by atomic mass is 32.1. The zero-order chi connectivity index (χ0) is 14.3. The molecule has 0 aromatic heterocycles. The molecule has 1 unspecified atom stereocenters. The van der Waals surface area contributed by atoms with Crippen molar-refractivity contribution in [2.45, 2.75) is 40.7 Å². The van der Waals surface area contributed by atoms with E-state index in [1.807, 2.05) is 0 Å². The quantitative estimate of drug-likeness (QED) is 0.571. The number of methoxy groups -OCH3 is 1. The van der Waals surface area contributed by atoms with Crippen molar-refractivity contribution in [2.24, 2.45) is 11.3 Å². The Kier molecular flexibility index (Phi) is 7.40. The Bertz CT molecular complexity index is 285. The van der Waals surface area contributed by atoms with E-state index in [2.05, 4.69) is 50.0 Å². The van der Waals surface area contributed by atoms with Gasteiger partial charge in [0.1, 0.15) is 6.54 Å². The lowest BCUT2D eigenvalue weighted by Gasteiger charge is -2.33. The molecule has 0 aliphatic carbocycles. The summed E-state index contributed by atoms with van der Waals surface area (Å²) in [6, 6.07) is 0.0413. The summed E-state index contributed by atoms with van der Waals surface area (Å²) in [5.41, 5.74) is -0.00487. The van der Waals surface area contributed by atoms with Crippen molar-refractivity contribution in [3.05, 3.63) is 0 Å². The lowest BCUT2D eigenvalue weighted by Crippen LogP contribution is -2.52. The fourth-order valence-corrected chi connectivity index (χ4v) is 1.99. The van der Waals surface area contributed by atoms with Crippen molar-refractivity contribution in [1.29, 1.82) is 0 Å². The lowest BCUT2D eigenvalue weighted by atomic mass is 9.86. The van der Waals surface area contributed by atoms with Crippen molar-refractivity contribution < 1.29 is 9.53 Å². The van der Waals surface area contributed by atoms with Gasteiger partial charge >= 0.3 is 5.97 Å². The van der Waals surface area contributed by atoms with Crippen molar-refractivity contribution in [1.82, 2.24) is 10.6 Å². The first kappa shape index (κ1) is 17.3. The fourth-order valence-electron chi connectivity index (χ4n) is 1.48. The van der Waals surface area contributed by atoms with Crippen LogP contribution in [0, 0.1) is 11.3 Å². The molecule has 0 rings (SSSR count). The Morgan fingerprint density at radius 2 is 1.89 bits per heavy atom. The maximum absolute atomic E-state index is 11.1. The molecule has 5 heteroatoms. The lowest BCUT2D eigenvalue weighted by molar-refractivity contribution is -0.139. The van der Waals surface area contributed by atoms with Crippen LogP contribution in [-0.2, 0) is 9.53 Å². The van der Waals surface area contributed by atoms with Crippen molar-refractivity contribution >= 4 is 23.2 Å². The molecule has 0 bridgehead atoms. The summed E-state index contributed by atoms with van der Waals surface area (Å²) in [7, 11) is 1.37. The third-order valence-electron chi connectivity index (χ3n) is 2.49. The molecule has 0 heterocycles. The number of rotatable bonds is 6. The number of thiocarbonyl (C=S) groups is 1. The second kappa shape index (κ2) is 7.69. The molecule has 0 aliphatic rings. The molecule has 0 fully saturated rings. The number of hydrogen-bond acceptors (Lipinski definition) is 4. The van der Waals surface area contributed by atoms with Gasteiger partial charge in [-0.2, -0.15) is 0 Å². The van der Waals surface area contributed by atoms with Gasteiger partial charge in [0.05, 0.1) is 18.1 Å². The van der Waals surface area contributed by atoms with E-state index in [0.29, 0.717) is 10.9 Å². The highest BCUT2D eigenvalue weighted by Crippen LogP contribution is 2.20. The van der Waals surface area contributed by atoms with Gasteiger partial charge in [-0.15, -0.1) is 0 Å². The molecular weight excluding hydrogens is 248 g/mol. The van der Waals surface area contributed by atoms with Crippen molar-refractivity contribution in [3.8, 4) is 0 Å². The Balaban J connectivity index is 4.46. The molecule has 0 saturated carbocycles. The van der Waals surface area contributed by atoms with Gasteiger partial charge in [0, 0.05) is 0 Å². The van der Waals surface area contributed by atoms with Crippen LogP contribution >= 0.6 is 12.2 Å². The molecule has 0 aliphatic heterocycles. The van der Waals surface area contributed by atoms with Gasteiger partial charge < -0.3 is 15.4 Å². The van der Waals surface area contributed by atoms with Gasteiger partial charge in [-0.1, -0.05) is 46.8 Å². The van der Waals surface area contributed by atoms with Gasteiger partial charge in [-0.05, 0) is 17.9 Å². The molecular formula is C13H26N2O2S. The zero-order valence-electron chi connectivity index (χ0n) is 12.3. The maximum Gasteiger partial charge on any atom is 0.325 e. The molecule has 1 atom stereocenters. The summed E-state index contributed by atoms with van der Waals surface area (Å²) in [5.74, 6) is 0.243. The van der Waals surface area contributed by atoms with Crippen LogP contribution in [0.2, 0.25) is 0 Å². The molecule has 0 saturated heterocycles. The van der Waals surface area contributed by atoms with Crippen molar-refractivity contribution in [3.63, 3.8) is 0 Å². The van der Waals surface area contributed by atoms with Crippen molar-refractivity contribution in [2.75, 3.05) is 20.2 Å². The summed E-state index contributed by atoms with van der Waals surface area (Å²) in [6.45, 7) is 11.7. The summed E-state index contributed by atoms with van der Waals surface area (Å²) < 4.78 is 4.58. The monoisotopic (exact) mass is 274 g/mol. The normalized spacial score (nSPS) is 13.3. The van der Waals surface area contributed by atoms with Crippen LogP contribution in [0.15, 0.2) is 0 Å². The van der Waals surface area contributed by atoms with Crippen LogP contribution in [0.25, 0.3) is 0 Å². The third kappa shape index (κ3) is 6.91. The first-order chi connectivity index (χ1) is 8.18. The second-order valence-electron chi connectivity index (χ2n) is 5.90. The Hall–Kier alpha value is -0.680. The van der Waals surface area contributed by atoms with Gasteiger partial charge in [0.15, 0.2) is 0 Å². The Morgan fingerprint density at radius 3 is 2.28 bits per heavy atom. The minimum absolute atomic E-state index is 0.00487. The smallest absolute Gasteiger partial charge is 0.325 e. The van der Waals surface area contributed by atoms with E-state index in [-0.39, 0.29) is 24.0 Å². The van der Waals surface area contributed by atoms with Gasteiger partial charge in [-0.3, -0.25) is 4.79 Å². The van der Waals surface area contributed by atoms with E-state index in [0.717, 1.165) is 6.54 Å². The molecule has 4 nitrogen and oxygen atoms in total. The van der Waals surface area contributed by atoms with Crippen LogP contribution < -0.4 is 10.6 Å². The molecule has 0 spiro atoms. The summed E-state index contributed by atoms with van der Waals surface area (Å²) >= 11 is 5.36. The summed E-state index contributed by atoms with van der Waals surface area (Å²) in [6.07, 6.45) is 0. The maximum atomic E-state index is 11.1. The molecule has 0 aromatic rings. The van der Waals surface area contributed by atoms with E-state index < -0.39 is 0 Å². The topological polar surface area (TPSA) is 50.4 Å². The highest BCUT2D eigenvalue weighted by Gasteiger charge is 2.28. The van der Waals surface area contributed by atoms with E-state index >= 15 is 0 Å². The second-order valence-corrected chi connectivity index (χ2v) is 6.33. The average Bonchev–Trinajstić information content (AvgIpc) is 2.23. The number of nitrogens with one attached hydrogen (secondary N) is 2. The molecule has 0 amide bonds. The molecule has 0 radical (unpaired) electrons. The average molecular weight is 274 g/mol.